The Morgan fingerprint density at radius 2 is 0.833 bits per heavy atom. The lowest BCUT2D eigenvalue weighted by Gasteiger charge is -2.36. The van der Waals surface area contributed by atoms with Gasteiger partial charge in [0.05, 0.1) is 11.9 Å². The fraction of sp³-hybridized carbons (Fsp3) is 0.474. The van der Waals surface area contributed by atoms with Crippen LogP contribution in [0.1, 0.15) is 137 Å². The summed E-state index contributed by atoms with van der Waals surface area (Å²) >= 11 is 0. The summed E-state index contributed by atoms with van der Waals surface area (Å²) in [6.07, 6.45) is 0. The molecule has 0 aliphatic carbocycles. The highest BCUT2D eigenvalue weighted by molar-refractivity contribution is 6.10. The second-order valence-corrected chi connectivity index (χ2v) is 16.0. The summed E-state index contributed by atoms with van der Waals surface area (Å²) in [7, 11) is 0. The molecule has 0 radical (unpaired) electrons. The largest absolute Gasteiger partial charge is 0.545 e. The van der Waals surface area contributed by atoms with Gasteiger partial charge >= 0.3 is 0 Å². The second-order valence-electron chi connectivity index (χ2n) is 16.0. The summed E-state index contributed by atoms with van der Waals surface area (Å²) in [5.74, 6) is -3.08. The van der Waals surface area contributed by atoms with E-state index in [0.29, 0.717) is 11.1 Å². The minimum absolute atomic E-state index is 0.291. The second kappa shape index (κ2) is 10.7. The van der Waals surface area contributed by atoms with Crippen molar-refractivity contribution in [1.82, 2.24) is 0 Å². The average Bonchev–Trinajstić information content (AvgIpc) is 2.79. The summed E-state index contributed by atoms with van der Waals surface area (Å²) in [5.41, 5.74) is 6.90. The van der Waals surface area contributed by atoms with Crippen molar-refractivity contribution < 1.29 is 19.8 Å². The lowest BCUT2D eigenvalue weighted by molar-refractivity contribution is -0.259. The van der Waals surface area contributed by atoms with Gasteiger partial charge in [-0.2, -0.15) is 0 Å². The van der Waals surface area contributed by atoms with E-state index < -0.39 is 11.9 Å². The van der Waals surface area contributed by atoms with Crippen LogP contribution >= 0.6 is 0 Å². The first-order chi connectivity index (χ1) is 18.9. The molecule has 0 N–H and O–H groups in total. The molecule has 226 valence electrons. The first-order valence-corrected chi connectivity index (χ1v) is 14.8. The molecular formula is C38H48O4-2. The summed E-state index contributed by atoms with van der Waals surface area (Å²) < 4.78 is 0. The van der Waals surface area contributed by atoms with Crippen LogP contribution in [0.4, 0.5) is 0 Å². The fourth-order valence-corrected chi connectivity index (χ4v) is 5.95. The third kappa shape index (κ3) is 6.33. The molecule has 3 rings (SSSR count). The van der Waals surface area contributed by atoms with Crippen LogP contribution in [0.3, 0.4) is 0 Å². The molecule has 0 atom stereocenters. The molecule has 0 spiro atoms. The Balaban J connectivity index is 2.88. The predicted molar refractivity (Wildman–Crippen MR) is 170 cm³/mol. The van der Waals surface area contributed by atoms with E-state index in [1.54, 1.807) is 6.07 Å². The number of benzene rings is 3. The maximum Gasteiger partial charge on any atom is 0.0728 e. The van der Waals surface area contributed by atoms with Crippen molar-refractivity contribution in [3.63, 3.8) is 0 Å². The first kappa shape index (κ1) is 33.1. The number of carbonyl (C=O) groups is 2. The van der Waals surface area contributed by atoms with Gasteiger partial charge in [0.2, 0.25) is 0 Å². The van der Waals surface area contributed by atoms with Crippen molar-refractivity contribution in [3.05, 3.63) is 80.9 Å². The highest BCUT2D eigenvalue weighted by Crippen LogP contribution is 2.50. The first-order valence-electron chi connectivity index (χ1n) is 14.8. The van der Waals surface area contributed by atoms with E-state index in [1.165, 1.54) is 6.07 Å². The number of aromatic carboxylic acids is 2. The number of hydrogen-bond donors (Lipinski definition) is 0. The topological polar surface area (TPSA) is 80.3 Å². The number of rotatable bonds is 4. The molecule has 3 aromatic carbocycles. The van der Waals surface area contributed by atoms with Crippen molar-refractivity contribution in [2.24, 2.45) is 0 Å². The fourth-order valence-electron chi connectivity index (χ4n) is 5.95. The van der Waals surface area contributed by atoms with Gasteiger partial charge in [0.15, 0.2) is 0 Å². The molecule has 0 saturated heterocycles. The van der Waals surface area contributed by atoms with E-state index in [2.05, 4.69) is 114 Å². The summed E-state index contributed by atoms with van der Waals surface area (Å²) in [6.45, 7) is 29.7. The highest BCUT2D eigenvalue weighted by atomic mass is 16.4. The molecule has 0 fully saturated rings. The maximum atomic E-state index is 13.1. The molecule has 42 heavy (non-hydrogen) atoms. The molecule has 0 unspecified atom stereocenters. The van der Waals surface area contributed by atoms with Crippen molar-refractivity contribution in [3.8, 4) is 22.3 Å². The Morgan fingerprint density at radius 1 is 0.500 bits per heavy atom. The van der Waals surface area contributed by atoms with E-state index in [4.69, 9.17) is 0 Å². The smallest absolute Gasteiger partial charge is 0.0728 e. The van der Waals surface area contributed by atoms with E-state index >= 15 is 0 Å². The molecule has 4 heteroatoms. The van der Waals surface area contributed by atoms with Crippen LogP contribution in [-0.2, 0) is 21.7 Å². The Bertz CT molecular complexity index is 1490. The Kier molecular flexibility index (Phi) is 8.44. The van der Waals surface area contributed by atoms with Crippen molar-refractivity contribution in [1.29, 1.82) is 0 Å². The molecule has 0 aliphatic heterocycles. The number of carboxylic acids is 2. The average molecular weight is 569 g/mol. The molecule has 0 aliphatic rings. The standard InChI is InChI=1S/C38H50O4/c1-21-17-25(35(3,4)5)29(26(18-21)36(6,7)8)23-15-16-24(33(39)40)31(34(41)42)30(23)32-27(37(9,10)11)19-22(2)20-28(32)38(12,13)14/h15-20H,1-14H3,(H,39,40)(H,41,42)/p-2. The van der Waals surface area contributed by atoms with Gasteiger partial charge in [-0.25, -0.2) is 0 Å². The van der Waals surface area contributed by atoms with Crippen LogP contribution in [-0.4, -0.2) is 11.9 Å². The highest BCUT2D eigenvalue weighted by Gasteiger charge is 2.34. The van der Waals surface area contributed by atoms with Gasteiger partial charge in [0.1, 0.15) is 0 Å². The van der Waals surface area contributed by atoms with Gasteiger partial charge in [-0.05, 0) is 80.0 Å². The molecule has 0 saturated carbocycles. The Morgan fingerprint density at radius 3 is 1.12 bits per heavy atom. The van der Waals surface area contributed by atoms with Crippen molar-refractivity contribution >= 4 is 11.9 Å². The van der Waals surface area contributed by atoms with Crippen molar-refractivity contribution in [2.45, 2.75) is 119 Å². The van der Waals surface area contributed by atoms with Crippen LogP contribution < -0.4 is 10.2 Å². The molecule has 0 bridgehead atoms. The predicted octanol–water partition coefficient (Wildman–Crippen LogP) is 7.55. The zero-order valence-electron chi connectivity index (χ0n) is 28.1. The van der Waals surface area contributed by atoms with Gasteiger partial charge < -0.3 is 19.8 Å². The van der Waals surface area contributed by atoms with Crippen LogP contribution in [0.2, 0.25) is 0 Å². The molecular weight excluding hydrogens is 520 g/mol. The zero-order valence-corrected chi connectivity index (χ0v) is 28.1. The SMILES string of the molecule is Cc1cc(C(C)(C)C)c(-c2ccc(C(=O)[O-])c(C(=O)[O-])c2-c2c(C(C)(C)C)cc(C)cc2C(C)(C)C)c(C(C)(C)C)c1. The van der Waals surface area contributed by atoms with Crippen LogP contribution in [0.15, 0.2) is 36.4 Å². The monoisotopic (exact) mass is 568 g/mol. The minimum Gasteiger partial charge on any atom is -0.545 e. The van der Waals surface area contributed by atoms with Crippen LogP contribution in [0, 0.1) is 13.8 Å². The molecule has 3 aromatic rings. The minimum atomic E-state index is -1.54. The lowest BCUT2D eigenvalue weighted by atomic mass is 9.68. The van der Waals surface area contributed by atoms with Gasteiger partial charge in [0, 0.05) is 11.1 Å². The number of carboxylic acid groups (broad SMARTS) is 2. The van der Waals surface area contributed by atoms with E-state index in [9.17, 15) is 19.8 Å². The van der Waals surface area contributed by atoms with Crippen molar-refractivity contribution in [2.75, 3.05) is 0 Å². The van der Waals surface area contributed by atoms with E-state index in [1.807, 2.05) is 6.92 Å². The van der Waals surface area contributed by atoms with Gasteiger partial charge in [-0.3, -0.25) is 0 Å². The van der Waals surface area contributed by atoms with Crippen LogP contribution in [0.25, 0.3) is 22.3 Å². The molecule has 4 nitrogen and oxygen atoms in total. The molecule has 0 amide bonds. The lowest BCUT2D eigenvalue weighted by Crippen LogP contribution is -2.32. The maximum absolute atomic E-state index is 13.1. The summed E-state index contributed by atoms with van der Waals surface area (Å²) in [5, 5.41) is 25.6. The summed E-state index contributed by atoms with van der Waals surface area (Å²) in [4.78, 5) is 25.6. The van der Waals surface area contributed by atoms with Gasteiger partial charge in [-0.15, -0.1) is 0 Å². The zero-order chi connectivity index (χ0) is 32.3. The molecule has 0 aromatic heterocycles. The van der Waals surface area contributed by atoms with E-state index in [-0.39, 0.29) is 32.8 Å². The van der Waals surface area contributed by atoms with E-state index in [0.717, 1.165) is 44.5 Å². The normalized spacial score (nSPS) is 12.9. The number of carbonyl (C=O) groups excluding carboxylic acids is 2. The third-order valence-corrected chi connectivity index (χ3v) is 7.95. The van der Waals surface area contributed by atoms with Gasteiger partial charge in [-0.1, -0.05) is 131 Å². The quantitative estimate of drug-likeness (QED) is 0.325. The Hall–Kier alpha value is -3.40. The van der Waals surface area contributed by atoms with Crippen LogP contribution in [0.5, 0.6) is 0 Å². The Labute approximate surface area is 253 Å². The third-order valence-electron chi connectivity index (χ3n) is 7.95. The number of aryl methyl sites for hydroxylation is 2. The molecule has 0 heterocycles. The summed E-state index contributed by atoms with van der Waals surface area (Å²) in [6, 6.07) is 11.7. The van der Waals surface area contributed by atoms with Gasteiger partial charge in [0.25, 0.3) is 0 Å². The number of hydrogen-bond acceptors (Lipinski definition) is 4.